The lowest BCUT2D eigenvalue weighted by atomic mass is 10.3. The Hall–Kier alpha value is -1.63. The van der Waals surface area contributed by atoms with E-state index in [1.54, 1.807) is 23.3 Å². The molecule has 1 aromatic heterocycles. The molecule has 21 heavy (non-hydrogen) atoms. The van der Waals surface area contributed by atoms with Gasteiger partial charge in [-0.1, -0.05) is 0 Å². The maximum atomic E-state index is 5.38. The zero-order valence-electron chi connectivity index (χ0n) is 12.1. The predicted molar refractivity (Wildman–Crippen MR) is 83.6 cm³/mol. The van der Waals surface area contributed by atoms with Gasteiger partial charge in [-0.05, 0) is 24.3 Å². The van der Waals surface area contributed by atoms with E-state index in [9.17, 15) is 0 Å². The van der Waals surface area contributed by atoms with Gasteiger partial charge in [0, 0.05) is 11.1 Å². The molecule has 0 bridgehead atoms. The van der Waals surface area contributed by atoms with E-state index in [1.807, 2.05) is 24.3 Å². The molecule has 6 heteroatoms. The molecule has 2 heterocycles. The summed E-state index contributed by atoms with van der Waals surface area (Å²) in [5.41, 5.74) is 2.17. The Kier molecular flexibility index (Phi) is 4.69. The van der Waals surface area contributed by atoms with Gasteiger partial charge >= 0.3 is 0 Å². The monoisotopic (exact) mass is 306 g/mol. The number of methoxy groups -OCH3 is 1. The Morgan fingerprint density at radius 2 is 2.05 bits per heavy atom. The molecule has 1 aromatic carbocycles. The number of nitrogens with one attached hydrogen (secondary N) is 2. The van der Waals surface area contributed by atoms with Crippen LogP contribution >= 0.6 is 11.3 Å². The molecular weight excluding hydrogens is 286 g/mol. The van der Waals surface area contributed by atoms with Gasteiger partial charge in [-0.25, -0.2) is 4.98 Å². The first-order valence-electron chi connectivity index (χ1n) is 7.10. The molecule has 3 rings (SSSR count). The first-order chi connectivity index (χ1) is 10.3. The van der Waals surface area contributed by atoms with Gasteiger partial charge < -0.3 is 19.7 Å². The van der Waals surface area contributed by atoms with Crippen LogP contribution in [0.15, 0.2) is 29.6 Å². The third-order valence-corrected chi connectivity index (χ3v) is 4.33. The molecule has 2 aromatic rings. The lowest BCUT2D eigenvalue weighted by Crippen LogP contribution is -3.12. The summed E-state index contributed by atoms with van der Waals surface area (Å²) >= 11 is 1.64. The van der Waals surface area contributed by atoms with Gasteiger partial charge in [0.1, 0.15) is 31.1 Å². The SMILES string of the molecule is COc1ccc(Nc2nc(C[NH+]3CCOCC3)cs2)cc1. The fourth-order valence-electron chi connectivity index (χ4n) is 2.34. The first-order valence-corrected chi connectivity index (χ1v) is 7.98. The van der Waals surface area contributed by atoms with Crippen LogP contribution in [0.2, 0.25) is 0 Å². The number of quaternary nitrogens is 1. The lowest BCUT2D eigenvalue weighted by Gasteiger charge is -2.22. The minimum absolute atomic E-state index is 0.858. The smallest absolute Gasteiger partial charge is 0.187 e. The summed E-state index contributed by atoms with van der Waals surface area (Å²) in [6.45, 7) is 4.83. The number of benzene rings is 1. The van der Waals surface area contributed by atoms with Crippen molar-refractivity contribution in [2.24, 2.45) is 0 Å². The molecule has 1 aliphatic heterocycles. The van der Waals surface area contributed by atoms with E-state index in [4.69, 9.17) is 9.47 Å². The van der Waals surface area contributed by atoms with Crippen LogP contribution < -0.4 is 15.0 Å². The van der Waals surface area contributed by atoms with E-state index < -0.39 is 0 Å². The summed E-state index contributed by atoms with van der Waals surface area (Å²) in [5, 5.41) is 6.40. The molecule has 1 aliphatic rings. The minimum atomic E-state index is 0.858. The summed E-state index contributed by atoms with van der Waals surface area (Å²) in [6, 6.07) is 7.86. The van der Waals surface area contributed by atoms with E-state index >= 15 is 0 Å². The van der Waals surface area contributed by atoms with Crippen molar-refractivity contribution in [1.82, 2.24) is 4.98 Å². The van der Waals surface area contributed by atoms with Crippen molar-refractivity contribution in [2.45, 2.75) is 6.54 Å². The maximum Gasteiger partial charge on any atom is 0.187 e. The number of nitrogens with zero attached hydrogens (tertiary/aromatic N) is 1. The molecule has 1 fully saturated rings. The summed E-state index contributed by atoms with van der Waals surface area (Å²) in [6.07, 6.45) is 0. The topological polar surface area (TPSA) is 47.8 Å². The van der Waals surface area contributed by atoms with Crippen LogP contribution in [0, 0.1) is 0 Å². The first kappa shape index (κ1) is 14.3. The Bertz CT molecular complexity index is 565. The predicted octanol–water partition coefficient (Wildman–Crippen LogP) is 1.31. The molecule has 0 radical (unpaired) electrons. The van der Waals surface area contributed by atoms with Crippen LogP contribution in [-0.4, -0.2) is 38.4 Å². The van der Waals surface area contributed by atoms with Crippen LogP contribution in [0.3, 0.4) is 0 Å². The molecule has 0 atom stereocenters. The zero-order chi connectivity index (χ0) is 14.5. The number of rotatable bonds is 5. The largest absolute Gasteiger partial charge is 0.497 e. The van der Waals surface area contributed by atoms with Crippen LogP contribution in [0.5, 0.6) is 5.75 Å². The Morgan fingerprint density at radius 3 is 2.76 bits per heavy atom. The van der Waals surface area contributed by atoms with E-state index in [1.165, 1.54) is 0 Å². The maximum absolute atomic E-state index is 5.38. The molecule has 0 saturated carbocycles. The van der Waals surface area contributed by atoms with Crippen molar-refractivity contribution < 1.29 is 14.4 Å². The van der Waals surface area contributed by atoms with Crippen molar-refractivity contribution in [2.75, 3.05) is 38.7 Å². The van der Waals surface area contributed by atoms with Crippen molar-refractivity contribution >= 4 is 22.2 Å². The molecule has 0 aliphatic carbocycles. The molecule has 1 saturated heterocycles. The van der Waals surface area contributed by atoms with E-state index in [2.05, 4.69) is 15.7 Å². The second-order valence-electron chi connectivity index (χ2n) is 5.04. The van der Waals surface area contributed by atoms with Crippen molar-refractivity contribution in [3.63, 3.8) is 0 Å². The number of thiazole rings is 1. The molecule has 2 N–H and O–H groups in total. The van der Waals surface area contributed by atoms with Gasteiger partial charge in [0.25, 0.3) is 0 Å². The quantitative estimate of drug-likeness (QED) is 0.874. The standard InChI is InChI=1S/C15H19N3O2S/c1-19-14-4-2-12(3-5-14)16-15-17-13(11-21-15)10-18-6-8-20-9-7-18/h2-5,11H,6-10H2,1H3,(H,16,17)/p+1. The molecule has 112 valence electrons. The lowest BCUT2D eigenvalue weighted by molar-refractivity contribution is -0.921. The fraction of sp³-hybridized carbons (Fsp3) is 0.400. The van der Waals surface area contributed by atoms with Crippen molar-refractivity contribution in [3.05, 3.63) is 35.3 Å². The third-order valence-electron chi connectivity index (χ3n) is 3.52. The van der Waals surface area contributed by atoms with Crippen molar-refractivity contribution in [3.8, 4) is 5.75 Å². The molecular formula is C15H20N3O2S+. The number of hydrogen-bond donors (Lipinski definition) is 2. The minimum Gasteiger partial charge on any atom is -0.497 e. The second kappa shape index (κ2) is 6.89. The van der Waals surface area contributed by atoms with Gasteiger partial charge in [-0.3, -0.25) is 0 Å². The number of hydrogen-bond acceptors (Lipinski definition) is 5. The summed E-state index contributed by atoms with van der Waals surface area (Å²) in [4.78, 5) is 6.20. The Morgan fingerprint density at radius 1 is 1.29 bits per heavy atom. The molecule has 0 unspecified atom stereocenters. The highest BCUT2D eigenvalue weighted by Gasteiger charge is 2.15. The second-order valence-corrected chi connectivity index (χ2v) is 5.89. The number of morpholine rings is 1. The van der Waals surface area contributed by atoms with Crippen molar-refractivity contribution in [1.29, 1.82) is 0 Å². The highest BCUT2D eigenvalue weighted by Crippen LogP contribution is 2.22. The van der Waals surface area contributed by atoms with Gasteiger partial charge in [0.05, 0.1) is 20.3 Å². The van der Waals surface area contributed by atoms with Gasteiger partial charge in [-0.15, -0.1) is 11.3 Å². The van der Waals surface area contributed by atoms with E-state index in [0.717, 1.165) is 55.1 Å². The van der Waals surface area contributed by atoms with Crippen LogP contribution in [0.4, 0.5) is 10.8 Å². The molecule has 5 nitrogen and oxygen atoms in total. The van der Waals surface area contributed by atoms with Crippen LogP contribution in [0.25, 0.3) is 0 Å². The highest BCUT2D eigenvalue weighted by atomic mass is 32.1. The van der Waals surface area contributed by atoms with Gasteiger partial charge in [0.2, 0.25) is 0 Å². The van der Waals surface area contributed by atoms with E-state index in [0.29, 0.717) is 0 Å². The average molecular weight is 306 g/mol. The molecule has 0 spiro atoms. The Labute approximate surface area is 128 Å². The normalized spacial score (nSPS) is 15.9. The zero-order valence-corrected chi connectivity index (χ0v) is 12.9. The number of aromatic nitrogens is 1. The summed E-state index contributed by atoms with van der Waals surface area (Å²) in [7, 11) is 1.67. The van der Waals surface area contributed by atoms with Crippen LogP contribution in [0.1, 0.15) is 5.69 Å². The fourth-order valence-corrected chi connectivity index (χ4v) is 3.07. The molecule has 0 amide bonds. The summed E-state index contributed by atoms with van der Waals surface area (Å²) in [5.74, 6) is 0.858. The highest BCUT2D eigenvalue weighted by molar-refractivity contribution is 7.13. The van der Waals surface area contributed by atoms with E-state index in [-0.39, 0.29) is 0 Å². The third kappa shape index (κ3) is 3.93. The van der Waals surface area contributed by atoms with Gasteiger partial charge in [0.15, 0.2) is 5.13 Å². The number of ether oxygens (including phenoxy) is 2. The van der Waals surface area contributed by atoms with Crippen LogP contribution in [-0.2, 0) is 11.3 Å². The Balaban J connectivity index is 1.58. The number of anilines is 2. The summed E-state index contributed by atoms with van der Waals surface area (Å²) < 4.78 is 10.5. The van der Waals surface area contributed by atoms with Gasteiger partial charge in [-0.2, -0.15) is 0 Å². The average Bonchev–Trinajstić information content (AvgIpc) is 2.96.